The van der Waals surface area contributed by atoms with Crippen molar-refractivity contribution in [3.05, 3.63) is 59.2 Å². The molecule has 0 aliphatic heterocycles. The molecule has 2 aromatic rings. The van der Waals surface area contributed by atoms with Crippen LogP contribution in [0.15, 0.2) is 42.5 Å². The van der Waals surface area contributed by atoms with Gasteiger partial charge in [0.1, 0.15) is 11.5 Å². The molecule has 160 valence electrons. The molecule has 0 saturated heterocycles. The van der Waals surface area contributed by atoms with Crippen molar-refractivity contribution in [1.82, 2.24) is 5.32 Å². The van der Waals surface area contributed by atoms with Crippen LogP contribution >= 0.6 is 0 Å². The highest BCUT2D eigenvalue weighted by Gasteiger charge is 2.15. The Morgan fingerprint density at radius 1 is 1.03 bits per heavy atom. The van der Waals surface area contributed by atoms with E-state index in [4.69, 9.17) is 0 Å². The van der Waals surface area contributed by atoms with Crippen molar-refractivity contribution in [3.63, 3.8) is 0 Å². The standard InChI is InChI=1S/C20H18F4N2O4/c1-11-4-3-5-14(17(11)18(28)25-2)26-16(27)9-7-12-6-8-13(29-19(21)22)10-15(12)30-20(23)24/h3-10,19-20H,1-2H3,(H,25,28)(H,26,27)/b9-7+. The van der Waals surface area contributed by atoms with Crippen molar-refractivity contribution >= 4 is 23.6 Å². The van der Waals surface area contributed by atoms with Gasteiger partial charge in [-0.1, -0.05) is 12.1 Å². The van der Waals surface area contributed by atoms with E-state index in [2.05, 4.69) is 20.1 Å². The van der Waals surface area contributed by atoms with Gasteiger partial charge in [-0.25, -0.2) is 0 Å². The summed E-state index contributed by atoms with van der Waals surface area (Å²) in [6.45, 7) is -4.65. The van der Waals surface area contributed by atoms with Gasteiger partial charge in [0.15, 0.2) is 0 Å². The van der Waals surface area contributed by atoms with Gasteiger partial charge in [-0.05, 0) is 36.8 Å². The molecule has 0 aromatic heterocycles. The summed E-state index contributed by atoms with van der Waals surface area (Å²) in [6, 6.07) is 8.05. The Morgan fingerprint density at radius 3 is 2.37 bits per heavy atom. The molecule has 0 unspecified atom stereocenters. The maximum atomic E-state index is 12.6. The fraction of sp³-hybridized carbons (Fsp3) is 0.200. The van der Waals surface area contributed by atoms with E-state index in [0.29, 0.717) is 5.56 Å². The van der Waals surface area contributed by atoms with Crippen LogP contribution in [0.25, 0.3) is 6.08 Å². The van der Waals surface area contributed by atoms with Crippen molar-refractivity contribution in [2.45, 2.75) is 20.1 Å². The number of nitrogens with one attached hydrogen (secondary N) is 2. The molecule has 0 bridgehead atoms. The minimum atomic E-state index is -3.21. The summed E-state index contributed by atoms with van der Waals surface area (Å²) in [5, 5.41) is 5.01. The molecular formula is C20H18F4N2O4. The molecule has 30 heavy (non-hydrogen) atoms. The normalized spacial score (nSPS) is 11.1. The number of aryl methyl sites for hydroxylation is 1. The summed E-state index contributed by atoms with van der Waals surface area (Å²) in [6.07, 6.45) is 2.19. The molecule has 2 N–H and O–H groups in total. The molecule has 0 fully saturated rings. The van der Waals surface area contributed by atoms with Crippen molar-refractivity contribution < 1.29 is 36.6 Å². The first-order valence-corrected chi connectivity index (χ1v) is 8.55. The quantitative estimate of drug-likeness (QED) is 0.490. The smallest absolute Gasteiger partial charge is 0.387 e. The zero-order chi connectivity index (χ0) is 22.3. The summed E-state index contributed by atoms with van der Waals surface area (Å²) >= 11 is 0. The number of carbonyl (C=O) groups excluding carboxylic acids is 2. The number of alkyl halides is 4. The maximum Gasteiger partial charge on any atom is 0.387 e. The Hall–Kier alpha value is -3.56. The highest BCUT2D eigenvalue weighted by atomic mass is 19.3. The van der Waals surface area contributed by atoms with Crippen LogP contribution in [0.5, 0.6) is 11.5 Å². The lowest BCUT2D eigenvalue weighted by Crippen LogP contribution is -2.22. The van der Waals surface area contributed by atoms with Gasteiger partial charge in [0.2, 0.25) is 5.91 Å². The third-order valence-corrected chi connectivity index (χ3v) is 3.83. The fourth-order valence-electron chi connectivity index (χ4n) is 2.56. The van der Waals surface area contributed by atoms with Crippen LogP contribution in [0, 0.1) is 6.92 Å². The molecular weight excluding hydrogens is 408 g/mol. The Bertz CT molecular complexity index is 948. The zero-order valence-corrected chi connectivity index (χ0v) is 15.9. The number of anilines is 1. The second-order valence-corrected chi connectivity index (χ2v) is 5.86. The lowest BCUT2D eigenvalue weighted by molar-refractivity contribution is -0.111. The number of benzene rings is 2. The monoisotopic (exact) mass is 426 g/mol. The van der Waals surface area contributed by atoms with Crippen LogP contribution in [-0.4, -0.2) is 32.1 Å². The second-order valence-electron chi connectivity index (χ2n) is 5.86. The predicted octanol–water partition coefficient (Wildman–Crippen LogP) is 4.21. The zero-order valence-electron chi connectivity index (χ0n) is 15.9. The molecule has 0 atom stereocenters. The average Bonchev–Trinajstić information content (AvgIpc) is 2.66. The lowest BCUT2D eigenvalue weighted by Gasteiger charge is -2.12. The Kier molecular flexibility index (Phi) is 7.79. The molecule has 0 heterocycles. The van der Waals surface area contributed by atoms with Crippen LogP contribution < -0.4 is 20.1 Å². The SMILES string of the molecule is CNC(=O)c1c(C)cccc1NC(=O)/C=C/c1ccc(OC(F)F)cc1OC(F)F. The molecule has 0 aliphatic rings. The number of carbonyl (C=O) groups is 2. The molecule has 10 heteroatoms. The van der Waals surface area contributed by atoms with Crippen LogP contribution in [-0.2, 0) is 4.79 Å². The van der Waals surface area contributed by atoms with Crippen molar-refractivity contribution in [2.24, 2.45) is 0 Å². The third-order valence-electron chi connectivity index (χ3n) is 3.83. The van der Waals surface area contributed by atoms with Gasteiger partial charge < -0.3 is 20.1 Å². The summed E-state index contributed by atoms with van der Waals surface area (Å²) in [5.74, 6) is -1.87. The molecule has 0 aliphatic carbocycles. The Morgan fingerprint density at radius 2 is 1.73 bits per heavy atom. The van der Waals surface area contributed by atoms with Crippen LogP contribution in [0.3, 0.4) is 0 Å². The maximum absolute atomic E-state index is 12.6. The molecule has 2 rings (SSSR count). The number of ether oxygens (including phenoxy) is 2. The van der Waals surface area contributed by atoms with Crippen LogP contribution in [0.2, 0.25) is 0 Å². The van der Waals surface area contributed by atoms with Crippen LogP contribution in [0.4, 0.5) is 23.2 Å². The van der Waals surface area contributed by atoms with E-state index < -0.39 is 30.8 Å². The second kappa shape index (κ2) is 10.3. The first kappa shape index (κ1) is 22.7. The van der Waals surface area contributed by atoms with Gasteiger partial charge in [-0.15, -0.1) is 0 Å². The summed E-state index contributed by atoms with van der Waals surface area (Å²) in [7, 11) is 1.45. The van der Waals surface area contributed by atoms with Gasteiger partial charge in [-0.3, -0.25) is 9.59 Å². The Balaban J connectivity index is 2.24. The van der Waals surface area contributed by atoms with E-state index in [1.807, 2.05) is 0 Å². The molecule has 0 spiro atoms. The minimum Gasteiger partial charge on any atom is -0.435 e. The Labute approximate surface area is 169 Å². The molecule has 0 radical (unpaired) electrons. The number of hydrogen-bond donors (Lipinski definition) is 2. The summed E-state index contributed by atoms with van der Waals surface area (Å²) in [5.41, 5.74) is 1.20. The summed E-state index contributed by atoms with van der Waals surface area (Å²) in [4.78, 5) is 24.3. The van der Waals surface area contributed by atoms with Crippen molar-refractivity contribution in [2.75, 3.05) is 12.4 Å². The van der Waals surface area contributed by atoms with Gasteiger partial charge in [0, 0.05) is 24.8 Å². The molecule has 6 nitrogen and oxygen atoms in total. The minimum absolute atomic E-state index is 0.0304. The van der Waals surface area contributed by atoms with Crippen LogP contribution in [0.1, 0.15) is 21.5 Å². The van der Waals surface area contributed by atoms with E-state index in [1.165, 1.54) is 19.2 Å². The van der Waals surface area contributed by atoms with Gasteiger partial charge in [0.05, 0.1) is 11.3 Å². The molecule has 2 aromatic carbocycles. The number of amides is 2. The highest BCUT2D eigenvalue weighted by molar-refractivity contribution is 6.08. The van der Waals surface area contributed by atoms with Gasteiger partial charge >= 0.3 is 13.2 Å². The number of hydrogen-bond acceptors (Lipinski definition) is 4. The topological polar surface area (TPSA) is 76.7 Å². The van der Waals surface area contributed by atoms with Gasteiger partial charge in [0.25, 0.3) is 5.91 Å². The molecule has 0 saturated carbocycles. The number of rotatable bonds is 8. The number of halogens is 4. The summed E-state index contributed by atoms with van der Waals surface area (Å²) < 4.78 is 58.3. The largest absolute Gasteiger partial charge is 0.435 e. The fourth-order valence-corrected chi connectivity index (χ4v) is 2.56. The lowest BCUT2D eigenvalue weighted by atomic mass is 10.1. The van der Waals surface area contributed by atoms with Crippen molar-refractivity contribution in [1.29, 1.82) is 0 Å². The predicted molar refractivity (Wildman–Crippen MR) is 102 cm³/mol. The first-order chi connectivity index (χ1) is 14.2. The van der Waals surface area contributed by atoms with Crippen molar-refractivity contribution in [3.8, 4) is 11.5 Å². The van der Waals surface area contributed by atoms with E-state index >= 15 is 0 Å². The molecule has 2 amide bonds. The van der Waals surface area contributed by atoms with E-state index in [9.17, 15) is 27.2 Å². The highest BCUT2D eigenvalue weighted by Crippen LogP contribution is 2.28. The first-order valence-electron chi connectivity index (χ1n) is 8.55. The van der Waals surface area contributed by atoms with E-state index in [1.54, 1.807) is 19.1 Å². The van der Waals surface area contributed by atoms with E-state index in [-0.39, 0.29) is 22.6 Å². The average molecular weight is 426 g/mol. The van der Waals surface area contributed by atoms with E-state index in [0.717, 1.165) is 24.3 Å². The third kappa shape index (κ3) is 6.23. The van der Waals surface area contributed by atoms with Gasteiger partial charge in [-0.2, -0.15) is 17.6 Å².